The minimum atomic E-state index is -1.59. The lowest BCUT2D eigenvalue weighted by Gasteiger charge is -2.23. The minimum Gasteiger partial charge on any atom is -0.324 e. The lowest BCUT2D eigenvalue weighted by Crippen LogP contribution is -2.34. The molecule has 1 saturated carbocycles. The molecule has 0 atom stereocenters. The lowest BCUT2D eigenvalue weighted by atomic mass is 9.81. The molecule has 1 aromatic carbocycles. The third-order valence-electron chi connectivity index (χ3n) is 3.85. The topological polar surface area (TPSA) is 52.9 Å². The van der Waals surface area contributed by atoms with Crippen molar-refractivity contribution in [2.75, 3.05) is 5.32 Å². The molecular weight excluding hydrogens is 281 g/mol. The number of benzene rings is 1. The third kappa shape index (κ3) is 3.18. The average molecular weight is 296 g/mol. The molecule has 0 unspecified atom stereocenters. The van der Waals surface area contributed by atoms with Crippen molar-refractivity contribution in [3.05, 3.63) is 29.6 Å². The van der Waals surface area contributed by atoms with Crippen LogP contribution in [0.5, 0.6) is 0 Å². The van der Waals surface area contributed by atoms with Gasteiger partial charge < -0.3 is 5.32 Å². The highest BCUT2D eigenvalue weighted by molar-refractivity contribution is 5.97. The Hall–Kier alpha value is -2.03. The largest absolute Gasteiger partial charge is 0.324 e. The van der Waals surface area contributed by atoms with Gasteiger partial charge in [0.2, 0.25) is 5.91 Å². The molecule has 1 amide bonds. The van der Waals surface area contributed by atoms with E-state index in [4.69, 9.17) is 0 Å². The fraction of sp³-hybridized carbons (Fsp3) is 0.467. The predicted octanol–water partition coefficient (Wildman–Crippen LogP) is 3.91. The Labute approximate surface area is 120 Å². The van der Waals surface area contributed by atoms with Crippen LogP contribution in [0.4, 0.5) is 18.9 Å². The van der Waals surface area contributed by atoms with E-state index in [-0.39, 0.29) is 5.69 Å². The second-order valence-corrected chi connectivity index (χ2v) is 5.32. The zero-order valence-corrected chi connectivity index (χ0v) is 11.4. The van der Waals surface area contributed by atoms with Crippen molar-refractivity contribution < 1.29 is 18.0 Å². The maximum absolute atomic E-state index is 13.1. The van der Waals surface area contributed by atoms with E-state index in [0.29, 0.717) is 25.0 Å². The molecule has 0 aromatic heterocycles. The Kier molecular flexibility index (Phi) is 4.51. The number of amides is 1. The quantitative estimate of drug-likeness (QED) is 0.664. The van der Waals surface area contributed by atoms with Crippen LogP contribution in [0.25, 0.3) is 0 Å². The van der Waals surface area contributed by atoms with Crippen molar-refractivity contribution in [3.8, 4) is 6.07 Å². The maximum Gasteiger partial charge on any atom is 0.244 e. The van der Waals surface area contributed by atoms with Crippen LogP contribution in [0, 0.1) is 34.2 Å². The van der Waals surface area contributed by atoms with Gasteiger partial charge in [-0.2, -0.15) is 5.26 Å². The number of hydrogen-bond donors (Lipinski definition) is 1. The van der Waals surface area contributed by atoms with Gasteiger partial charge in [0.15, 0.2) is 17.5 Å². The van der Waals surface area contributed by atoms with E-state index >= 15 is 0 Å². The molecular formula is C15H15F3N2O. The van der Waals surface area contributed by atoms with Crippen LogP contribution in [0.3, 0.4) is 0 Å². The van der Waals surface area contributed by atoms with Gasteiger partial charge in [0.05, 0.1) is 6.07 Å². The van der Waals surface area contributed by atoms with Crippen molar-refractivity contribution in [2.24, 2.45) is 5.41 Å². The van der Waals surface area contributed by atoms with Gasteiger partial charge in [-0.25, -0.2) is 13.2 Å². The number of nitriles is 1. The van der Waals surface area contributed by atoms with Gasteiger partial charge in [-0.15, -0.1) is 0 Å². The molecule has 0 saturated heterocycles. The monoisotopic (exact) mass is 296 g/mol. The smallest absolute Gasteiger partial charge is 0.244 e. The summed E-state index contributed by atoms with van der Waals surface area (Å²) >= 11 is 0. The third-order valence-corrected chi connectivity index (χ3v) is 3.85. The van der Waals surface area contributed by atoms with E-state index in [1.807, 2.05) is 6.07 Å². The average Bonchev–Trinajstić information content (AvgIpc) is 2.71. The zero-order chi connectivity index (χ0) is 15.5. The van der Waals surface area contributed by atoms with Crippen LogP contribution >= 0.6 is 0 Å². The second-order valence-electron chi connectivity index (χ2n) is 5.32. The van der Waals surface area contributed by atoms with Crippen molar-refractivity contribution in [1.29, 1.82) is 5.26 Å². The van der Waals surface area contributed by atoms with E-state index < -0.39 is 28.8 Å². The molecule has 21 heavy (non-hydrogen) atoms. The highest BCUT2D eigenvalue weighted by Gasteiger charge is 2.39. The summed E-state index contributed by atoms with van der Waals surface area (Å²) in [4.78, 5) is 12.3. The van der Waals surface area contributed by atoms with Crippen molar-refractivity contribution >= 4 is 11.6 Å². The summed E-state index contributed by atoms with van der Waals surface area (Å²) in [6, 6.07) is 3.46. The van der Waals surface area contributed by atoms with Gasteiger partial charge in [0.1, 0.15) is 5.41 Å². The molecule has 112 valence electrons. The normalized spacial score (nSPS) is 17.6. The Morgan fingerprint density at radius 1 is 1.10 bits per heavy atom. The first-order valence-corrected chi connectivity index (χ1v) is 6.86. The molecule has 0 radical (unpaired) electrons. The molecule has 1 aliphatic carbocycles. The Balaban J connectivity index is 2.22. The number of carbonyl (C=O) groups is 1. The molecule has 1 aliphatic rings. The summed E-state index contributed by atoms with van der Waals surface area (Å²) in [5.41, 5.74) is -1.37. The fourth-order valence-electron chi connectivity index (χ4n) is 2.60. The number of anilines is 1. The Morgan fingerprint density at radius 2 is 1.62 bits per heavy atom. The highest BCUT2D eigenvalue weighted by atomic mass is 19.2. The predicted molar refractivity (Wildman–Crippen MR) is 70.7 cm³/mol. The van der Waals surface area contributed by atoms with Crippen LogP contribution in [0.1, 0.15) is 38.5 Å². The number of nitrogens with one attached hydrogen (secondary N) is 1. The van der Waals surface area contributed by atoms with Crippen molar-refractivity contribution in [2.45, 2.75) is 38.5 Å². The first kappa shape index (κ1) is 15.4. The first-order valence-electron chi connectivity index (χ1n) is 6.86. The van der Waals surface area contributed by atoms with Crippen LogP contribution in [0.2, 0.25) is 0 Å². The molecule has 0 heterocycles. The Bertz CT molecular complexity index is 564. The number of hydrogen-bond acceptors (Lipinski definition) is 2. The van der Waals surface area contributed by atoms with Gasteiger partial charge in [-0.05, 0) is 12.8 Å². The van der Waals surface area contributed by atoms with Crippen LogP contribution in [-0.2, 0) is 4.79 Å². The van der Waals surface area contributed by atoms with Gasteiger partial charge >= 0.3 is 0 Å². The molecule has 6 heteroatoms. The summed E-state index contributed by atoms with van der Waals surface area (Å²) in [5.74, 6) is -4.93. The maximum atomic E-state index is 13.1. The van der Waals surface area contributed by atoms with E-state index in [1.54, 1.807) is 0 Å². The molecule has 3 nitrogen and oxygen atoms in total. The van der Waals surface area contributed by atoms with E-state index in [9.17, 15) is 23.2 Å². The summed E-state index contributed by atoms with van der Waals surface area (Å²) in [6.07, 6.45) is 4.26. The van der Waals surface area contributed by atoms with Crippen LogP contribution < -0.4 is 5.32 Å². The minimum absolute atomic E-state index is 0.185. The van der Waals surface area contributed by atoms with Crippen molar-refractivity contribution in [3.63, 3.8) is 0 Å². The summed E-state index contributed by atoms with van der Waals surface area (Å²) in [7, 11) is 0. The molecule has 1 fully saturated rings. The van der Waals surface area contributed by atoms with Gasteiger partial charge in [0, 0.05) is 17.8 Å². The van der Waals surface area contributed by atoms with Gasteiger partial charge in [-0.3, -0.25) is 4.79 Å². The first-order chi connectivity index (χ1) is 9.98. The fourth-order valence-corrected chi connectivity index (χ4v) is 2.60. The summed E-state index contributed by atoms with van der Waals surface area (Å²) in [5, 5.41) is 11.7. The second kappa shape index (κ2) is 6.17. The van der Waals surface area contributed by atoms with E-state index in [0.717, 1.165) is 25.7 Å². The number of halogens is 3. The molecule has 0 spiro atoms. The molecule has 1 N–H and O–H groups in total. The SMILES string of the molecule is N#CC1(C(=O)Nc2cc(F)c(F)c(F)c2)CCCCCC1. The molecule has 0 aliphatic heterocycles. The van der Waals surface area contributed by atoms with Crippen LogP contribution in [0.15, 0.2) is 12.1 Å². The number of rotatable bonds is 2. The number of carbonyl (C=O) groups excluding carboxylic acids is 1. The van der Waals surface area contributed by atoms with Gasteiger partial charge in [-0.1, -0.05) is 25.7 Å². The van der Waals surface area contributed by atoms with E-state index in [1.165, 1.54) is 0 Å². The number of nitrogens with zero attached hydrogens (tertiary/aromatic N) is 1. The highest BCUT2D eigenvalue weighted by Crippen LogP contribution is 2.35. The van der Waals surface area contributed by atoms with E-state index in [2.05, 4.69) is 5.32 Å². The molecule has 1 aromatic rings. The molecule has 0 bridgehead atoms. The lowest BCUT2D eigenvalue weighted by molar-refractivity contribution is -0.123. The summed E-state index contributed by atoms with van der Waals surface area (Å²) in [6.45, 7) is 0. The standard InChI is InChI=1S/C15H15F3N2O/c16-11-7-10(8-12(17)13(11)18)20-14(21)15(9-19)5-3-1-2-4-6-15/h7-8H,1-6H2,(H,20,21). The zero-order valence-electron chi connectivity index (χ0n) is 11.4. The summed E-state index contributed by atoms with van der Waals surface area (Å²) < 4.78 is 39.2. The van der Waals surface area contributed by atoms with Crippen molar-refractivity contribution in [1.82, 2.24) is 0 Å². The van der Waals surface area contributed by atoms with Crippen LogP contribution in [-0.4, -0.2) is 5.91 Å². The van der Waals surface area contributed by atoms with Gasteiger partial charge in [0.25, 0.3) is 0 Å². The Morgan fingerprint density at radius 3 is 2.10 bits per heavy atom. The molecule has 2 rings (SSSR count).